The lowest BCUT2D eigenvalue weighted by Crippen LogP contribution is -2.28. The summed E-state index contributed by atoms with van der Waals surface area (Å²) in [5.41, 5.74) is 3.69. The van der Waals surface area contributed by atoms with Crippen molar-refractivity contribution in [2.75, 3.05) is 29.9 Å². The first-order valence-corrected chi connectivity index (χ1v) is 8.76. The molecule has 132 valence electrons. The van der Waals surface area contributed by atoms with E-state index < -0.39 is 0 Å². The third kappa shape index (κ3) is 3.31. The SMILES string of the molecule is O=C1CCN(c2ccc(N=CC3C(=O)Nc4ccccc43)cc2)CCN1. The molecule has 6 heteroatoms. The highest BCUT2D eigenvalue weighted by Crippen LogP contribution is 2.31. The Kier molecular flexibility index (Phi) is 4.39. The van der Waals surface area contributed by atoms with Crippen molar-refractivity contribution in [3.05, 3.63) is 54.1 Å². The van der Waals surface area contributed by atoms with Gasteiger partial charge in [0.15, 0.2) is 0 Å². The minimum atomic E-state index is -0.353. The molecule has 2 aromatic carbocycles. The average molecular weight is 348 g/mol. The van der Waals surface area contributed by atoms with E-state index in [4.69, 9.17) is 0 Å². The Morgan fingerprint density at radius 3 is 2.69 bits per heavy atom. The number of hydrogen-bond acceptors (Lipinski definition) is 4. The van der Waals surface area contributed by atoms with Gasteiger partial charge in [-0.1, -0.05) is 18.2 Å². The second-order valence-corrected chi connectivity index (χ2v) is 6.44. The van der Waals surface area contributed by atoms with Crippen LogP contribution in [-0.2, 0) is 9.59 Å². The van der Waals surface area contributed by atoms with Gasteiger partial charge in [0.2, 0.25) is 11.8 Å². The second kappa shape index (κ2) is 7.00. The topological polar surface area (TPSA) is 73.8 Å². The van der Waals surface area contributed by atoms with E-state index in [0.717, 1.165) is 29.2 Å². The van der Waals surface area contributed by atoms with E-state index in [9.17, 15) is 9.59 Å². The largest absolute Gasteiger partial charge is 0.369 e. The number of hydrogen-bond donors (Lipinski definition) is 2. The van der Waals surface area contributed by atoms with Crippen LogP contribution < -0.4 is 15.5 Å². The van der Waals surface area contributed by atoms with Crippen molar-refractivity contribution in [2.24, 2.45) is 4.99 Å². The van der Waals surface area contributed by atoms with Gasteiger partial charge in [-0.2, -0.15) is 0 Å². The van der Waals surface area contributed by atoms with Crippen LogP contribution in [0.4, 0.5) is 17.1 Å². The molecular weight excluding hydrogens is 328 g/mol. The number of nitrogens with zero attached hydrogens (tertiary/aromatic N) is 2. The number of anilines is 2. The van der Waals surface area contributed by atoms with Gasteiger partial charge in [0.25, 0.3) is 0 Å². The molecule has 0 saturated carbocycles. The van der Waals surface area contributed by atoms with Gasteiger partial charge >= 0.3 is 0 Å². The number of aliphatic imine (C=N–C) groups is 1. The van der Waals surface area contributed by atoms with Gasteiger partial charge < -0.3 is 15.5 Å². The summed E-state index contributed by atoms with van der Waals surface area (Å²) in [5.74, 6) is -0.300. The zero-order valence-electron chi connectivity index (χ0n) is 14.3. The maximum absolute atomic E-state index is 12.1. The lowest BCUT2D eigenvalue weighted by Gasteiger charge is -2.21. The van der Waals surface area contributed by atoms with Crippen LogP contribution in [-0.4, -0.2) is 37.7 Å². The highest BCUT2D eigenvalue weighted by Gasteiger charge is 2.28. The van der Waals surface area contributed by atoms with Crippen molar-refractivity contribution in [1.29, 1.82) is 0 Å². The average Bonchev–Trinajstić information content (AvgIpc) is 2.82. The molecule has 2 amide bonds. The van der Waals surface area contributed by atoms with Crippen LogP contribution in [0.1, 0.15) is 17.9 Å². The van der Waals surface area contributed by atoms with E-state index in [1.54, 1.807) is 6.21 Å². The van der Waals surface area contributed by atoms with Crippen molar-refractivity contribution < 1.29 is 9.59 Å². The van der Waals surface area contributed by atoms with Gasteiger partial charge in [0.05, 0.1) is 5.69 Å². The Hall–Kier alpha value is -3.15. The quantitative estimate of drug-likeness (QED) is 0.837. The zero-order valence-corrected chi connectivity index (χ0v) is 14.3. The molecule has 26 heavy (non-hydrogen) atoms. The minimum Gasteiger partial charge on any atom is -0.369 e. The maximum Gasteiger partial charge on any atom is 0.237 e. The Morgan fingerprint density at radius 2 is 1.85 bits per heavy atom. The summed E-state index contributed by atoms with van der Waals surface area (Å²) >= 11 is 0. The number of rotatable bonds is 3. The Bertz CT molecular complexity index is 860. The molecule has 1 saturated heterocycles. The fourth-order valence-corrected chi connectivity index (χ4v) is 3.32. The van der Waals surface area contributed by atoms with Crippen molar-refractivity contribution in [2.45, 2.75) is 12.3 Å². The second-order valence-electron chi connectivity index (χ2n) is 6.44. The standard InChI is InChI=1S/C20H20N4O2/c25-19-9-11-24(12-10-21-19)15-7-5-14(6-8-15)22-13-17-16-3-1-2-4-18(16)23-20(17)26/h1-8,13,17H,9-12H2,(H,21,25)(H,23,26). The first kappa shape index (κ1) is 16.3. The third-order valence-corrected chi connectivity index (χ3v) is 4.74. The van der Waals surface area contributed by atoms with E-state index in [2.05, 4.69) is 20.5 Å². The third-order valence-electron chi connectivity index (χ3n) is 4.74. The molecule has 2 aliphatic heterocycles. The number of fused-ring (bicyclic) bond motifs is 1. The lowest BCUT2D eigenvalue weighted by atomic mass is 10.0. The van der Waals surface area contributed by atoms with Crippen LogP contribution in [0.25, 0.3) is 0 Å². The number of nitrogens with one attached hydrogen (secondary N) is 2. The van der Waals surface area contributed by atoms with E-state index in [1.807, 2.05) is 48.5 Å². The summed E-state index contributed by atoms with van der Waals surface area (Å²) in [5, 5.41) is 5.75. The Balaban J connectivity index is 1.47. The van der Waals surface area contributed by atoms with Gasteiger partial charge in [0.1, 0.15) is 5.92 Å². The molecule has 2 aromatic rings. The van der Waals surface area contributed by atoms with Crippen molar-refractivity contribution in [1.82, 2.24) is 5.32 Å². The van der Waals surface area contributed by atoms with E-state index in [0.29, 0.717) is 19.5 Å². The van der Waals surface area contributed by atoms with E-state index in [1.165, 1.54) is 0 Å². The normalized spacial score (nSPS) is 19.8. The summed E-state index contributed by atoms with van der Waals surface area (Å²) in [6, 6.07) is 15.6. The van der Waals surface area contributed by atoms with Gasteiger partial charge in [-0.05, 0) is 35.9 Å². The van der Waals surface area contributed by atoms with Crippen molar-refractivity contribution >= 4 is 35.1 Å². The fraction of sp³-hybridized carbons (Fsp3) is 0.250. The molecular formula is C20H20N4O2. The molecule has 0 aromatic heterocycles. The van der Waals surface area contributed by atoms with Crippen molar-refractivity contribution in [3.63, 3.8) is 0 Å². The molecule has 4 rings (SSSR count). The molecule has 0 spiro atoms. The number of carbonyl (C=O) groups is 2. The molecule has 2 aliphatic rings. The van der Waals surface area contributed by atoms with Gasteiger partial charge in [-0.15, -0.1) is 0 Å². The zero-order chi connectivity index (χ0) is 17.9. The van der Waals surface area contributed by atoms with Crippen LogP contribution >= 0.6 is 0 Å². The summed E-state index contributed by atoms with van der Waals surface area (Å²) in [7, 11) is 0. The van der Waals surface area contributed by atoms with Crippen LogP contribution in [0.3, 0.4) is 0 Å². The predicted octanol–water partition coefficient (Wildman–Crippen LogP) is 2.45. The molecule has 0 radical (unpaired) electrons. The van der Waals surface area contributed by atoms with Crippen LogP contribution in [0.15, 0.2) is 53.5 Å². The lowest BCUT2D eigenvalue weighted by molar-refractivity contribution is -0.120. The molecule has 0 bridgehead atoms. The molecule has 1 fully saturated rings. The molecule has 2 N–H and O–H groups in total. The summed E-state index contributed by atoms with van der Waals surface area (Å²) in [6.45, 7) is 2.18. The Morgan fingerprint density at radius 1 is 1.04 bits per heavy atom. The molecule has 1 unspecified atom stereocenters. The fourth-order valence-electron chi connectivity index (χ4n) is 3.32. The highest BCUT2D eigenvalue weighted by molar-refractivity contribution is 6.12. The predicted molar refractivity (Wildman–Crippen MR) is 102 cm³/mol. The number of benzene rings is 2. The summed E-state index contributed by atoms with van der Waals surface area (Å²) in [6.07, 6.45) is 2.21. The van der Waals surface area contributed by atoms with Crippen molar-refractivity contribution in [3.8, 4) is 0 Å². The van der Waals surface area contributed by atoms with Crippen LogP contribution in [0, 0.1) is 0 Å². The molecule has 0 aliphatic carbocycles. The van der Waals surface area contributed by atoms with Gasteiger partial charge in [0, 0.05) is 43.6 Å². The monoisotopic (exact) mass is 348 g/mol. The maximum atomic E-state index is 12.1. The number of amides is 2. The van der Waals surface area contributed by atoms with Crippen LogP contribution in [0.2, 0.25) is 0 Å². The summed E-state index contributed by atoms with van der Waals surface area (Å²) < 4.78 is 0. The van der Waals surface area contributed by atoms with Gasteiger partial charge in [-0.3, -0.25) is 14.6 Å². The van der Waals surface area contributed by atoms with E-state index in [-0.39, 0.29) is 17.7 Å². The smallest absolute Gasteiger partial charge is 0.237 e. The highest BCUT2D eigenvalue weighted by atomic mass is 16.2. The first-order valence-electron chi connectivity index (χ1n) is 8.76. The summed E-state index contributed by atoms with van der Waals surface area (Å²) in [4.78, 5) is 30.2. The van der Waals surface area contributed by atoms with Crippen LogP contribution in [0.5, 0.6) is 0 Å². The Labute approximate surface area is 151 Å². The number of para-hydroxylation sites is 1. The minimum absolute atomic E-state index is 0.0479. The van der Waals surface area contributed by atoms with Gasteiger partial charge in [-0.25, -0.2) is 0 Å². The van der Waals surface area contributed by atoms with E-state index >= 15 is 0 Å². The molecule has 2 heterocycles. The molecule has 6 nitrogen and oxygen atoms in total. The number of carbonyl (C=O) groups excluding carboxylic acids is 2. The first-order chi connectivity index (χ1) is 12.7. The molecule has 1 atom stereocenters.